The molecule has 0 aromatic rings. The van der Waals surface area contributed by atoms with Gasteiger partial charge in [-0.2, -0.15) is 0 Å². The highest BCUT2D eigenvalue weighted by Gasteiger charge is 2.44. The molecule has 138 valence electrons. The fraction of sp³-hybridized carbons (Fsp3) is 1.00. The van der Waals surface area contributed by atoms with Gasteiger partial charge in [-0.05, 0) is 42.8 Å². The van der Waals surface area contributed by atoms with Gasteiger partial charge in [0.05, 0.1) is 18.8 Å². The summed E-state index contributed by atoms with van der Waals surface area (Å²) in [5.74, 6) is 0. The zero-order valence-electron chi connectivity index (χ0n) is 16.2. The predicted octanol–water partition coefficient (Wildman–Crippen LogP) is 4.47. The normalized spacial score (nSPS) is 24.7. The van der Waals surface area contributed by atoms with Crippen LogP contribution in [0.5, 0.6) is 0 Å². The molecule has 3 atom stereocenters. The molecule has 1 heterocycles. The molecule has 0 radical (unpaired) electrons. The molecular weight excluding hydrogens is 308 g/mol. The number of hydrogen-bond donors (Lipinski definition) is 1. The monoisotopic (exact) mass is 346 g/mol. The van der Waals surface area contributed by atoms with Crippen LogP contribution >= 0.6 is 0 Å². The Hall–Kier alpha value is 0.0569. The van der Waals surface area contributed by atoms with E-state index < -0.39 is 8.32 Å². The van der Waals surface area contributed by atoms with Gasteiger partial charge in [0.2, 0.25) is 0 Å². The SMILES string of the molecule is CC1OCC[C@@H](C[C@@H](O)CCO[Si](C(C)C)(C(C)C)C(C)C)O1. The maximum absolute atomic E-state index is 10.3. The Morgan fingerprint density at radius 3 is 2.13 bits per heavy atom. The number of rotatable bonds is 9. The first-order chi connectivity index (χ1) is 10.7. The van der Waals surface area contributed by atoms with Crippen molar-refractivity contribution in [2.24, 2.45) is 0 Å². The van der Waals surface area contributed by atoms with E-state index in [-0.39, 0.29) is 18.5 Å². The quantitative estimate of drug-likeness (QED) is 0.626. The molecule has 1 saturated heterocycles. The second-order valence-electron chi connectivity index (χ2n) is 7.83. The van der Waals surface area contributed by atoms with Gasteiger partial charge in [-0.1, -0.05) is 41.5 Å². The van der Waals surface area contributed by atoms with Gasteiger partial charge in [-0.15, -0.1) is 0 Å². The average Bonchev–Trinajstić information content (AvgIpc) is 2.42. The van der Waals surface area contributed by atoms with Gasteiger partial charge in [0.25, 0.3) is 0 Å². The van der Waals surface area contributed by atoms with Crippen molar-refractivity contribution in [3.63, 3.8) is 0 Å². The summed E-state index contributed by atoms with van der Waals surface area (Å²) >= 11 is 0. The molecule has 0 aromatic heterocycles. The Morgan fingerprint density at radius 2 is 1.65 bits per heavy atom. The largest absolute Gasteiger partial charge is 0.416 e. The summed E-state index contributed by atoms with van der Waals surface area (Å²) in [5.41, 5.74) is 1.75. The molecule has 1 fully saturated rings. The summed E-state index contributed by atoms with van der Waals surface area (Å²) in [6.45, 7) is 17.0. The lowest BCUT2D eigenvalue weighted by molar-refractivity contribution is -0.208. The second-order valence-corrected chi connectivity index (χ2v) is 13.3. The Kier molecular flexibility index (Phi) is 8.73. The number of hydrogen-bond acceptors (Lipinski definition) is 4. The minimum atomic E-state index is -1.82. The van der Waals surface area contributed by atoms with Gasteiger partial charge in [0.1, 0.15) is 0 Å². The van der Waals surface area contributed by atoms with E-state index in [2.05, 4.69) is 41.5 Å². The molecule has 0 spiro atoms. The van der Waals surface area contributed by atoms with E-state index in [0.29, 0.717) is 36.1 Å². The van der Waals surface area contributed by atoms with Gasteiger partial charge in [-0.3, -0.25) is 0 Å². The summed E-state index contributed by atoms with van der Waals surface area (Å²) in [6, 6.07) is 0. The van der Waals surface area contributed by atoms with Gasteiger partial charge in [-0.25, -0.2) is 0 Å². The van der Waals surface area contributed by atoms with Crippen molar-refractivity contribution >= 4 is 8.32 Å². The second kappa shape index (κ2) is 9.52. The van der Waals surface area contributed by atoms with E-state index in [1.165, 1.54) is 0 Å². The first kappa shape index (κ1) is 21.1. The van der Waals surface area contributed by atoms with Crippen LogP contribution in [0, 0.1) is 0 Å². The highest BCUT2D eigenvalue weighted by atomic mass is 28.4. The zero-order chi connectivity index (χ0) is 17.6. The van der Waals surface area contributed by atoms with Gasteiger partial charge in [0, 0.05) is 6.61 Å². The fourth-order valence-corrected chi connectivity index (χ4v) is 9.68. The van der Waals surface area contributed by atoms with Crippen molar-refractivity contribution in [3.05, 3.63) is 0 Å². The standard InChI is InChI=1S/C18H38O4Si/c1-13(2)23(14(3)4,15(5)6)21-11-8-17(19)12-18-9-10-20-16(7)22-18/h13-19H,8-12H2,1-7H3/t16?,17-,18-/m0/s1. The van der Waals surface area contributed by atoms with Gasteiger partial charge < -0.3 is 19.0 Å². The third kappa shape index (κ3) is 5.82. The number of aliphatic hydroxyl groups is 1. The fourth-order valence-electron chi connectivity index (χ4n) is 4.21. The smallest absolute Gasteiger partial charge is 0.200 e. The molecule has 1 aliphatic heterocycles. The number of ether oxygens (including phenoxy) is 2. The summed E-state index contributed by atoms with van der Waals surface area (Å²) < 4.78 is 17.6. The Morgan fingerprint density at radius 1 is 1.09 bits per heavy atom. The lowest BCUT2D eigenvalue weighted by atomic mass is 10.1. The minimum Gasteiger partial charge on any atom is -0.416 e. The molecular formula is C18H38O4Si. The van der Waals surface area contributed by atoms with Crippen LogP contribution in [0.2, 0.25) is 16.6 Å². The minimum absolute atomic E-state index is 0.107. The van der Waals surface area contributed by atoms with Gasteiger partial charge in [0.15, 0.2) is 14.6 Å². The van der Waals surface area contributed by atoms with Crippen LogP contribution in [0.3, 0.4) is 0 Å². The summed E-state index contributed by atoms with van der Waals surface area (Å²) in [5, 5.41) is 10.3. The molecule has 1 N–H and O–H groups in total. The molecule has 4 nitrogen and oxygen atoms in total. The topological polar surface area (TPSA) is 47.9 Å². The van der Waals surface area contributed by atoms with Crippen LogP contribution in [0.1, 0.15) is 67.7 Å². The molecule has 0 aliphatic carbocycles. The van der Waals surface area contributed by atoms with Crippen LogP contribution in [-0.2, 0) is 13.9 Å². The molecule has 0 aromatic carbocycles. The van der Waals surface area contributed by atoms with E-state index in [4.69, 9.17) is 13.9 Å². The van der Waals surface area contributed by atoms with E-state index in [9.17, 15) is 5.11 Å². The lowest BCUT2D eigenvalue weighted by Gasteiger charge is -2.42. The third-order valence-corrected chi connectivity index (χ3v) is 11.3. The van der Waals surface area contributed by atoms with Crippen molar-refractivity contribution in [1.29, 1.82) is 0 Å². The summed E-state index contributed by atoms with van der Waals surface area (Å²) in [4.78, 5) is 0. The first-order valence-electron chi connectivity index (χ1n) is 9.29. The van der Waals surface area contributed by atoms with Crippen LogP contribution in [0.4, 0.5) is 0 Å². The van der Waals surface area contributed by atoms with Crippen LogP contribution in [0.15, 0.2) is 0 Å². The van der Waals surface area contributed by atoms with Crippen molar-refractivity contribution in [3.8, 4) is 0 Å². The summed E-state index contributed by atoms with van der Waals surface area (Å²) in [6.07, 6.45) is 1.83. The summed E-state index contributed by atoms with van der Waals surface area (Å²) in [7, 11) is -1.82. The highest BCUT2D eigenvalue weighted by Crippen LogP contribution is 2.42. The van der Waals surface area contributed by atoms with Crippen LogP contribution in [0.25, 0.3) is 0 Å². The van der Waals surface area contributed by atoms with E-state index in [0.717, 1.165) is 13.0 Å². The first-order valence-corrected chi connectivity index (χ1v) is 11.4. The lowest BCUT2D eigenvalue weighted by Crippen LogP contribution is -2.48. The van der Waals surface area contributed by atoms with Crippen molar-refractivity contribution < 1.29 is 19.0 Å². The van der Waals surface area contributed by atoms with Crippen LogP contribution in [-0.4, -0.2) is 45.1 Å². The Bertz CT molecular complexity index is 311. The molecule has 5 heteroatoms. The molecule has 1 rings (SSSR count). The molecule has 1 aliphatic rings. The molecule has 1 unspecified atom stereocenters. The average molecular weight is 347 g/mol. The molecule has 0 saturated carbocycles. The van der Waals surface area contributed by atoms with Gasteiger partial charge >= 0.3 is 0 Å². The van der Waals surface area contributed by atoms with Crippen molar-refractivity contribution in [1.82, 2.24) is 0 Å². The van der Waals surface area contributed by atoms with E-state index >= 15 is 0 Å². The third-order valence-electron chi connectivity index (χ3n) is 5.22. The van der Waals surface area contributed by atoms with E-state index in [1.54, 1.807) is 0 Å². The van der Waals surface area contributed by atoms with E-state index in [1.807, 2.05) is 6.92 Å². The predicted molar refractivity (Wildman–Crippen MR) is 97.1 cm³/mol. The van der Waals surface area contributed by atoms with Crippen LogP contribution < -0.4 is 0 Å². The maximum Gasteiger partial charge on any atom is 0.200 e. The Balaban J connectivity index is 2.46. The number of aliphatic hydroxyl groups excluding tert-OH is 1. The van der Waals surface area contributed by atoms with Crippen molar-refractivity contribution in [2.75, 3.05) is 13.2 Å². The highest BCUT2D eigenvalue weighted by molar-refractivity contribution is 6.77. The molecule has 23 heavy (non-hydrogen) atoms. The molecule has 0 amide bonds. The zero-order valence-corrected chi connectivity index (χ0v) is 17.2. The van der Waals surface area contributed by atoms with Crippen molar-refractivity contribution in [2.45, 2.75) is 103 Å². The Labute approximate surface area is 144 Å². The maximum atomic E-state index is 10.3. The molecule has 0 bridgehead atoms.